The Morgan fingerprint density at radius 3 is 1.47 bits per heavy atom. The summed E-state index contributed by atoms with van der Waals surface area (Å²) >= 11 is 0. The molecule has 0 aliphatic carbocycles. The van der Waals surface area contributed by atoms with E-state index in [1.54, 1.807) is 0 Å². The summed E-state index contributed by atoms with van der Waals surface area (Å²) in [6.45, 7) is 2.01. The summed E-state index contributed by atoms with van der Waals surface area (Å²) in [5, 5.41) is 36.1. The van der Waals surface area contributed by atoms with Crippen LogP contribution < -0.4 is 15.4 Å². The molecular weight excluding hydrogens is 810 g/mol. The zero-order valence-corrected chi connectivity index (χ0v) is 33.1. The molecule has 1 rings (SSSR count). The molecule has 0 spiro atoms. The number of rotatable bonds is 29. The minimum absolute atomic E-state index is 0. The maximum absolute atomic E-state index is 13.6. The van der Waals surface area contributed by atoms with Crippen LogP contribution in [0.4, 0.5) is 17.6 Å². The van der Waals surface area contributed by atoms with E-state index in [9.17, 15) is 66.7 Å². The monoisotopic (exact) mass is 863 g/mol. The normalized spacial score (nSPS) is 10.6. The van der Waals surface area contributed by atoms with Crippen molar-refractivity contribution >= 4 is 41.3 Å². The van der Waals surface area contributed by atoms with Crippen molar-refractivity contribution in [1.82, 2.24) is 25.8 Å². The number of nitrogens with zero attached hydrogens (tertiary/aromatic N) is 3. The van der Waals surface area contributed by atoms with Gasteiger partial charge in [-0.1, -0.05) is 12.8 Å². The third-order valence-corrected chi connectivity index (χ3v) is 8.28. The van der Waals surface area contributed by atoms with Gasteiger partial charge in [0.05, 0.1) is 6.42 Å². The number of ether oxygens (including phenoxy) is 1. The van der Waals surface area contributed by atoms with E-state index in [1.165, 1.54) is 6.92 Å². The Balaban J connectivity index is 0.0000314. The number of hydrogen-bond donors (Lipinski definition) is 5. The molecular formula is C36H53F4FeN5O11. The molecule has 0 aromatic heterocycles. The van der Waals surface area contributed by atoms with Gasteiger partial charge in [-0.3, -0.25) is 49.2 Å². The molecule has 0 bridgehead atoms. The van der Waals surface area contributed by atoms with Crippen LogP contribution >= 0.6 is 0 Å². The quantitative estimate of drug-likeness (QED) is 0.0112. The Kier molecular flexibility index (Phi) is 27.8. The van der Waals surface area contributed by atoms with Crippen LogP contribution in [0.15, 0.2) is 6.07 Å². The summed E-state index contributed by atoms with van der Waals surface area (Å²) in [5.74, 6) is -12.8. The number of nitrogens with one attached hydrogen (secondary N) is 2. The van der Waals surface area contributed by atoms with Crippen molar-refractivity contribution in [3.8, 4) is 5.75 Å². The van der Waals surface area contributed by atoms with Gasteiger partial charge in [0.15, 0.2) is 11.6 Å². The Morgan fingerprint density at radius 1 is 0.561 bits per heavy atom. The first kappa shape index (κ1) is 52.8. The molecule has 0 saturated carbocycles. The largest absolute Gasteiger partial charge is 0.420 e. The molecule has 57 heavy (non-hydrogen) atoms. The molecule has 0 radical (unpaired) electrons. The molecule has 0 unspecified atom stereocenters. The van der Waals surface area contributed by atoms with Gasteiger partial charge in [0, 0.05) is 101 Å². The second kappa shape index (κ2) is 30.0. The number of halogens is 4. The summed E-state index contributed by atoms with van der Waals surface area (Å²) < 4.78 is 58.0. The first-order valence-corrected chi connectivity index (χ1v) is 18.6. The number of ketones is 1. The van der Waals surface area contributed by atoms with E-state index in [0.717, 1.165) is 12.8 Å². The predicted octanol–water partition coefficient (Wildman–Crippen LogP) is 4.25. The van der Waals surface area contributed by atoms with Crippen LogP contribution in [0.2, 0.25) is 0 Å². The molecule has 5 N–H and O–H groups in total. The zero-order chi connectivity index (χ0) is 42.0. The van der Waals surface area contributed by atoms with E-state index in [4.69, 9.17) is 0 Å². The van der Waals surface area contributed by atoms with Crippen LogP contribution in [0, 0.1) is 23.3 Å². The fraction of sp³-hybridized carbons (Fsp3) is 0.639. The van der Waals surface area contributed by atoms with E-state index in [0.29, 0.717) is 79.5 Å². The molecule has 0 fully saturated rings. The Morgan fingerprint density at radius 2 is 0.982 bits per heavy atom. The molecule has 16 nitrogen and oxygen atoms in total. The van der Waals surface area contributed by atoms with Gasteiger partial charge < -0.3 is 15.4 Å². The van der Waals surface area contributed by atoms with Gasteiger partial charge in [-0.2, -0.15) is 8.78 Å². The average Bonchev–Trinajstić information content (AvgIpc) is 3.16. The smallest absolute Gasteiger partial charge is 0.311 e. The number of hydrogen-bond acceptors (Lipinski definition) is 11. The van der Waals surface area contributed by atoms with E-state index in [-0.39, 0.29) is 80.8 Å². The second-order valence-corrected chi connectivity index (χ2v) is 13.0. The second-order valence-electron chi connectivity index (χ2n) is 13.0. The number of benzene rings is 1. The molecule has 324 valence electrons. The summed E-state index contributed by atoms with van der Waals surface area (Å²) in [7, 11) is 0. The topological polar surface area (TPSA) is 223 Å². The third-order valence-electron chi connectivity index (χ3n) is 8.28. The van der Waals surface area contributed by atoms with Crippen LogP contribution in [0.25, 0.3) is 0 Å². The van der Waals surface area contributed by atoms with Crippen molar-refractivity contribution in [1.29, 1.82) is 0 Å². The molecule has 0 heterocycles. The number of hydroxylamine groups is 6. The van der Waals surface area contributed by atoms with Gasteiger partial charge >= 0.3 is 5.97 Å². The minimum Gasteiger partial charge on any atom is -0.420 e. The standard InChI is InChI=1S/C36H53F4N5O11.Fe/c1-25(46)43(53)21-9-3-2-6-12-26(47)13-16-31(50)44(54)22-10-4-7-19-41-29(48)14-17-32(51)45(55)23-11-5-8-20-42-30(49)15-18-33(52)56-36-34(39)27(37)24-28(38)35(36)40;/h24,53-55H,2-23H2,1H3,(H,41,48)(H,42,49);. The van der Waals surface area contributed by atoms with Gasteiger partial charge in [-0.05, 0) is 51.4 Å². The zero-order valence-electron chi connectivity index (χ0n) is 31.9. The molecule has 0 aliphatic heterocycles. The van der Waals surface area contributed by atoms with Crippen molar-refractivity contribution in [2.75, 3.05) is 32.7 Å². The molecule has 1 aromatic carbocycles. The van der Waals surface area contributed by atoms with Crippen molar-refractivity contribution in [3.05, 3.63) is 29.3 Å². The van der Waals surface area contributed by atoms with Gasteiger partial charge in [-0.25, -0.2) is 24.0 Å². The van der Waals surface area contributed by atoms with Crippen LogP contribution in [0.3, 0.4) is 0 Å². The van der Waals surface area contributed by atoms with Crippen LogP contribution in [0.1, 0.15) is 116 Å². The van der Waals surface area contributed by atoms with Crippen LogP contribution in [0.5, 0.6) is 5.75 Å². The Bertz CT molecular complexity index is 1450. The van der Waals surface area contributed by atoms with Gasteiger partial charge in [-0.15, -0.1) is 0 Å². The Labute approximate surface area is 339 Å². The SMILES string of the molecule is CC(=O)N(O)CCCCCCC(=O)CCC(=O)N(O)CCCCCNC(=O)CCC(=O)N(O)CCCCCNC(=O)CCC(=O)Oc1c(F)c(F)cc(F)c1F.[Fe]. The van der Waals surface area contributed by atoms with Gasteiger partial charge in [0.1, 0.15) is 5.78 Å². The molecule has 0 aliphatic rings. The van der Waals surface area contributed by atoms with Gasteiger partial charge in [0.2, 0.25) is 46.9 Å². The fourth-order valence-corrected chi connectivity index (χ4v) is 4.97. The average molecular weight is 864 g/mol. The third kappa shape index (κ3) is 23.6. The molecule has 0 saturated heterocycles. The van der Waals surface area contributed by atoms with Crippen molar-refractivity contribution in [3.63, 3.8) is 0 Å². The van der Waals surface area contributed by atoms with E-state index < -0.39 is 77.4 Å². The number of amides is 5. The summed E-state index contributed by atoms with van der Waals surface area (Å²) in [5.41, 5.74) is 0. The van der Waals surface area contributed by atoms with Crippen LogP contribution in [-0.4, -0.2) is 105 Å². The predicted molar refractivity (Wildman–Crippen MR) is 188 cm³/mol. The van der Waals surface area contributed by atoms with Gasteiger partial charge in [0.25, 0.3) is 0 Å². The number of esters is 1. The summed E-state index contributed by atoms with van der Waals surface area (Å²) in [4.78, 5) is 82.9. The molecule has 0 atom stereocenters. The number of Topliss-reactive ketones (excluding diaryl/α,β-unsaturated/α-hetero) is 1. The first-order valence-electron chi connectivity index (χ1n) is 18.6. The van der Waals surface area contributed by atoms with Crippen molar-refractivity contribution in [2.45, 2.75) is 116 Å². The molecule has 1 aromatic rings. The molecule has 21 heteroatoms. The summed E-state index contributed by atoms with van der Waals surface area (Å²) in [6.07, 6.45) is 4.39. The summed E-state index contributed by atoms with van der Waals surface area (Å²) in [6, 6.07) is -0.0415. The van der Waals surface area contributed by atoms with Crippen LogP contribution in [-0.2, 0) is 50.6 Å². The van der Waals surface area contributed by atoms with E-state index >= 15 is 0 Å². The van der Waals surface area contributed by atoms with Crippen molar-refractivity contribution in [2.24, 2.45) is 0 Å². The Hall–Kier alpha value is -4.17. The maximum Gasteiger partial charge on any atom is 0.311 e. The minimum atomic E-state index is -1.88. The van der Waals surface area contributed by atoms with E-state index in [2.05, 4.69) is 15.4 Å². The van der Waals surface area contributed by atoms with E-state index in [1.807, 2.05) is 0 Å². The van der Waals surface area contributed by atoms with Crippen molar-refractivity contribution < 1.29 is 88.6 Å². The number of unbranched alkanes of at least 4 members (excludes halogenated alkanes) is 7. The maximum atomic E-state index is 13.6. The molecule has 5 amide bonds. The first-order chi connectivity index (χ1) is 26.5. The number of carbonyl (C=O) groups excluding carboxylic acids is 7. The fourth-order valence-electron chi connectivity index (χ4n) is 4.97. The number of carbonyl (C=O) groups is 7.